The Morgan fingerprint density at radius 1 is 0.814 bits per heavy atom. The zero-order valence-electron chi connectivity index (χ0n) is 23.7. The van der Waals surface area contributed by atoms with Gasteiger partial charge in [0.15, 0.2) is 5.96 Å². The number of aliphatic imine (C=N–C) groups is 2. The van der Waals surface area contributed by atoms with Crippen LogP contribution in [0.5, 0.6) is 0 Å². The molecule has 0 fully saturated rings. The van der Waals surface area contributed by atoms with Crippen LogP contribution in [0.25, 0.3) is 0 Å². The summed E-state index contributed by atoms with van der Waals surface area (Å²) in [5.41, 5.74) is 17.0. The summed E-state index contributed by atoms with van der Waals surface area (Å²) in [6.45, 7) is 0.496. The van der Waals surface area contributed by atoms with Crippen molar-refractivity contribution in [2.75, 3.05) is 13.1 Å². The van der Waals surface area contributed by atoms with E-state index in [1.807, 2.05) is 0 Å². The predicted octanol–water partition coefficient (Wildman–Crippen LogP) is -2.56. The van der Waals surface area contributed by atoms with Gasteiger partial charge in [-0.2, -0.15) is 0 Å². The number of hydrogen-bond donors (Lipinski definition) is 8. The molecule has 0 aliphatic carbocycles. The standard InChI is InChI=1S/C27H39N9O7/c28-11-5-4-9-18-24(41)34-17(10-6-12-31-27(29)30)23(40)32-15-21(37)33-20(14-22(38)39)26(43)36-19(25(42)35-18)13-16-7-2-1-3-8-16/h1-3,7-8,15,17-20H,4-6,9-14,28H2,(H,33,37)(H,34,41)(H,35,42)(H,36,43)(H,38,39)(H4,29,30,31)/t17-,18-,19+,20+/m0/s1. The van der Waals surface area contributed by atoms with Gasteiger partial charge in [0, 0.05) is 13.0 Å². The average Bonchev–Trinajstić information content (AvgIpc) is 2.95. The van der Waals surface area contributed by atoms with E-state index in [2.05, 4.69) is 31.3 Å². The van der Waals surface area contributed by atoms with Gasteiger partial charge in [0.25, 0.3) is 11.8 Å². The third kappa shape index (κ3) is 12.7. The van der Waals surface area contributed by atoms with Gasteiger partial charge in [-0.1, -0.05) is 30.3 Å². The predicted molar refractivity (Wildman–Crippen MR) is 156 cm³/mol. The number of carboxylic acids is 1. The molecule has 5 amide bonds. The molecule has 234 valence electrons. The highest BCUT2D eigenvalue weighted by Gasteiger charge is 2.32. The molecule has 0 saturated carbocycles. The Morgan fingerprint density at radius 2 is 1.42 bits per heavy atom. The number of benzene rings is 1. The van der Waals surface area contributed by atoms with E-state index < -0.39 is 66.1 Å². The number of nitrogens with two attached hydrogens (primary N) is 3. The van der Waals surface area contributed by atoms with Crippen LogP contribution < -0.4 is 38.5 Å². The lowest BCUT2D eigenvalue weighted by Gasteiger charge is -2.26. The Morgan fingerprint density at radius 3 is 2.07 bits per heavy atom. The highest BCUT2D eigenvalue weighted by molar-refractivity contribution is 6.29. The number of amides is 5. The third-order valence-corrected chi connectivity index (χ3v) is 6.38. The number of carbonyl (C=O) groups excluding carboxylic acids is 5. The highest BCUT2D eigenvalue weighted by atomic mass is 16.4. The van der Waals surface area contributed by atoms with Crippen molar-refractivity contribution in [3.8, 4) is 0 Å². The van der Waals surface area contributed by atoms with E-state index >= 15 is 0 Å². The summed E-state index contributed by atoms with van der Waals surface area (Å²) in [5.74, 6) is -5.84. The summed E-state index contributed by atoms with van der Waals surface area (Å²) in [6, 6.07) is 3.53. The molecule has 16 heteroatoms. The third-order valence-electron chi connectivity index (χ3n) is 6.38. The van der Waals surface area contributed by atoms with Gasteiger partial charge in [0.2, 0.25) is 17.7 Å². The lowest BCUT2D eigenvalue weighted by atomic mass is 10.0. The van der Waals surface area contributed by atoms with Crippen molar-refractivity contribution in [2.24, 2.45) is 27.2 Å². The summed E-state index contributed by atoms with van der Waals surface area (Å²) in [6.07, 6.45) is 1.28. The smallest absolute Gasteiger partial charge is 0.305 e. The van der Waals surface area contributed by atoms with Gasteiger partial charge in [-0.05, 0) is 44.2 Å². The summed E-state index contributed by atoms with van der Waals surface area (Å²) in [5, 5.41) is 19.3. The Labute approximate surface area is 248 Å². The fourth-order valence-corrected chi connectivity index (χ4v) is 4.20. The topological polar surface area (TPSA) is 274 Å². The first-order valence-corrected chi connectivity index (χ1v) is 13.8. The summed E-state index contributed by atoms with van der Waals surface area (Å²) >= 11 is 0. The van der Waals surface area contributed by atoms with E-state index in [0.29, 0.717) is 31.2 Å². The molecule has 1 aliphatic rings. The normalized spacial score (nSPS) is 21.8. The monoisotopic (exact) mass is 601 g/mol. The van der Waals surface area contributed by atoms with Crippen LogP contribution in [0, 0.1) is 0 Å². The maximum Gasteiger partial charge on any atom is 0.305 e. The second kappa shape index (κ2) is 17.8. The van der Waals surface area contributed by atoms with Crippen LogP contribution in [0.15, 0.2) is 40.3 Å². The van der Waals surface area contributed by atoms with Crippen LogP contribution in [-0.4, -0.2) is 90.0 Å². The van der Waals surface area contributed by atoms with Gasteiger partial charge >= 0.3 is 5.97 Å². The quantitative estimate of drug-likeness (QED) is 0.0704. The molecule has 0 spiro atoms. The van der Waals surface area contributed by atoms with Crippen molar-refractivity contribution >= 4 is 47.7 Å². The number of unbranched alkanes of at least 4 members (excludes halogenated alkanes) is 1. The van der Waals surface area contributed by atoms with Crippen molar-refractivity contribution in [1.82, 2.24) is 21.3 Å². The number of hydrogen-bond acceptors (Lipinski definition) is 8. The zero-order chi connectivity index (χ0) is 31.8. The summed E-state index contributed by atoms with van der Waals surface area (Å²) < 4.78 is 0. The fraction of sp³-hybridized carbons (Fsp3) is 0.481. The lowest BCUT2D eigenvalue weighted by Crippen LogP contribution is -2.58. The van der Waals surface area contributed by atoms with Crippen LogP contribution in [0.3, 0.4) is 0 Å². The number of aliphatic carboxylic acids is 1. The van der Waals surface area contributed by atoms with Crippen LogP contribution >= 0.6 is 0 Å². The molecule has 16 nitrogen and oxygen atoms in total. The molecule has 0 bridgehead atoms. The minimum Gasteiger partial charge on any atom is -0.481 e. The molecule has 43 heavy (non-hydrogen) atoms. The minimum atomic E-state index is -1.60. The molecule has 0 saturated heterocycles. The Kier molecular flexibility index (Phi) is 14.3. The lowest BCUT2D eigenvalue weighted by molar-refractivity contribution is -0.140. The van der Waals surface area contributed by atoms with Gasteiger partial charge < -0.3 is 43.6 Å². The van der Waals surface area contributed by atoms with Crippen LogP contribution in [-0.2, 0) is 35.2 Å². The summed E-state index contributed by atoms with van der Waals surface area (Å²) in [7, 11) is 0. The van der Waals surface area contributed by atoms with E-state index in [4.69, 9.17) is 17.2 Å². The molecule has 1 aliphatic heterocycles. The molecular formula is C27H39N9O7. The van der Waals surface area contributed by atoms with Gasteiger partial charge in [0.1, 0.15) is 24.2 Å². The van der Waals surface area contributed by atoms with Crippen LogP contribution in [0.1, 0.15) is 44.1 Å². The van der Waals surface area contributed by atoms with Crippen LogP contribution in [0.2, 0.25) is 0 Å². The molecule has 0 unspecified atom stereocenters. The second-order valence-corrected chi connectivity index (χ2v) is 9.86. The minimum absolute atomic E-state index is 0.00332. The fourth-order valence-electron chi connectivity index (χ4n) is 4.20. The van der Waals surface area contributed by atoms with Crippen molar-refractivity contribution in [1.29, 1.82) is 0 Å². The van der Waals surface area contributed by atoms with E-state index in [1.165, 1.54) is 0 Å². The molecule has 1 aromatic rings. The first-order chi connectivity index (χ1) is 20.5. The molecule has 0 radical (unpaired) electrons. The zero-order valence-corrected chi connectivity index (χ0v) is 23.7. The first-order valence-electron chi connectivity index (χ1n) is 13.8. The first kappa shape index (κ1) is 34.3. The molecule has 11 N–H and O–H groups in total. The Hall–Kier alpha value is -4.86. The van der Waals surface area contributed by atoms with Gasteiger partial charge in [0.05, 0.1) is 12.6 Å². The second-order valence-electron chi connectivity index (χ2n) is 9.86. The van der Waals surface area contributed by atoms with Gasteiger partial charge in [-0.3, -0.25) is 33.8 Å². The van der Waals surface area contributed by atoms with E-state index in [0.717, 1.165) is 0 Å². The Bertz CT molecular complexity index is 1200. The van der Waals surface area contributed by atoms with Gasteiger partial charge in [-0.15, -0.1) is 0 Å². The maximum atomic E-state index is 13.5. The van der Waals surface area contributed by atoms with Crippen molar-refractivity contribution in [3.63, 3.8) is 0 Å². The van der Waals surface area contributed by atoms with Crippen molar-refractivity contribution in [3.05, 3.63) is 35.9 Å². The molecule has 1 aromatic carbocycles. The SMILES string of the molecule is NCCCC[C@@H]1NC(=O)[C@@H](Cc2ccccc2)NC(=O)[C@@H](CC(=O)O)NC(=O)C=NC(=O)[C@H](CCCN=C(N)N)NC1=O. The van der Waals surface area contributed by atoms with Crippen LogP contribution in [0.4, 0.5) is 0 Å². The number of carboxylic acid groups (broad SMARTS) is 1. The molecule has 2 rings (SSSR count). The number of carbonyl (C=O) groups is 6. The van der Waals surface area contributed by atoms with E-state index in [1.54, 1.807) is 30.3 Å². The largest absolute Gasteiger partial charge is 0.481 e. The number of nitrogens with one attached hydrogen (secondary N) is 4. The molecule has 4 atom stereocenters. The summed E-state index contributed by atoms with van der Waals surface area (Å²) in [4.78, 5) is 84.5. The highest BCUT2D eigenvalue weighted by Crippen LogP contribution is 2.09. The molecular weight excluding hydrogens is 562 g/mol. The molecule has 1 heterocycles. The number of guanidine groups is 1. The average molecular weight is 602 g/mol. The number of rotatable bonds is 12. The van der Waals surface area contributed by atoms with E-state index in [-0.39, 0.29) is 38.2 Å². The van der Waals surface area contributed by atoms with Crippen molar-refractivity contribution < 1.29 is 33.9 Å². The van der Waals surface area contributed by atoms with E-state index in [9.17, 15) is 33.9 Å². The Balaban J connectivity index is 2.47. The van der Waals surface area contributed by atoms with Gasteiger partial charge in [-0.25, -0.2) is 4.99 Å². The number of nitrogens with zero attached hydrogens (tertiary/aromatic N) is 2. The maximum absolute atomic E-state index is 13.5. The molecule has 0 aromatic heterocycles. The van der Waals surface area contributed by atoms with Crippen molar-refractivity contribution in [2.45, 2.75) is 69.1 Å².